The lowest BCUT2D eigenvalue weighted by Crippen LogP contribution is -2.38. The summed E-state index contributed by atoms with van der Waals surface area (Å²) < 4.78 is 0. The van der Waals surface area contributed by atoms with Crippen LogP contribution in [0, 0.1) is 26.9 Å². The Morgan fingerprint density at radius 2 is 2.14 bits per heavy atom. The number of non-ortho nitro benzene ring substituents is 1. The summed E-state index contributed by atoms with van der Waals surface area (Å²) in [6, 6.07) is 5.20. The Labute approximate surface area is 122 Å². The number of nitrogens with one attached hydrogen (secondary N) is 1. The van der Waals surface area contributed by atoms with Gasteiger partial charge in [-0.3, -0.25) is 14.9 Å². The fourth-order valence-corrected chi connectivity index (χ4v) is 1.55. The maximum absolute atomic E-state index is 11.9. The lowest BCUT2D eigenvalue weighted by molar-refractivity contribution is -0.384. The molecule has 0 spiro atoms. The van der Waals surface area contributed by atoms with Gasteiger partial charge in [-0.05, 0) is 11.5 Å². The zero-order valence-corrected chi connectivity index (χ0v) is 12.2. The number of nitro benzene ring substituents is 1. The summed E-state index contributed by atoms with van der Waals surface area (Å²) >= 11 is 0. The van der Waals surface area contributed by atoms with E-state index in [2.05, 4.69) is 5.32 Å². The molecule has 1 unspecified atom stereocenters. The summed E-state index contributed by atoms with van der Waals surface area (Å²) in [5, 5.41) is 22.2. The van der Waals surface area contributed by atoms with Gasteiger partial charge in [-0.25, -0.2) is 0 Å². The van der Waals surface area contributed by atoms with E-state index >= 15 is 0 Å². The fourth-order valence-electron chi connectivity index (χ4n) is 1.55. The highest BCUT2D eigenvalue weighted by atomic mass is 16.6. The topological polar surface area (TPSA) is 122 Å². The lowest BCUT2D eigenvalue weighted by atomic mass is 9.85. The third kappa shape index (κ3) is 4.54. The Bertz CT molecular complexity index is 599. The molecular weight excluding hydrogens is 272 g/mol. The minimum atomic E-state index is -0.595. The molecule has 3 N–H and O–H groups in total. The molecule has 0 aliphatic rings. The standard InChI is InChI=1S/C14H18N4O3/c1-14(2,3)12(16)7-13(19)17-11-5-4-10(18(20)21)6-9(11)8-15/h4-6,12H,7,16H2,1-3H3,(H,17,19). The molecule has 0 radical (unpaired) electrons. The molecule has 1 amide bonds. The van der Waals surface area contributed by atoms with E-state index in [0.717, 1.165) is 6.07 Å². The van der Waals surface area contributed by atoms with E-state index in [1.165, 1.54) is 12.1 Å². The first kappa shape index (κ1) is 16.6. The number of hydrogen-bond donors (Lipinski definition) is 2. The maximum atomic E-state index is 11.9. The van der Waals surface area contributed by atoms with Gasteiger partial charge in [-0.15, -0.1) is 0 Å². The smallest absolute Gasteiger partial charge is 0.270 e. The molecule has 112 valence electrons. The number of rotatable bonds is 4. The van der Waals surface area contributed by atoms with E-state index in [9.17, 15) is 14.9 Å². The molecule has 0 saturated heterocycles. The average Bonchev–Trinajstić information content (AvgIpc) is 2.37. The molecule has 1 aromatic carbocycles. The van der Waals surface area contributed by atoms with E-state index in [0.29, 0.717) is 0 Å². The largest absolute Gasteiger partial charge is 0.327 e. The highest BCUT2D eigenvalue weighted by Crippen LogP contribution is 2.23. The van der Waals surface area contributed by atoms with Crippen molar-refractivity contribution in [1.82, 2.24) is 0 Å². The first-order valence-corrected chi connectivity index (χ1v) is 6.39. The maximum Gasteiger partial charge on any atom is 0.270 e. The molecule has 0 heterocycles. The summed E-state index contributed by atoms with van der Waals surface area (Å²) in [5.41, 5.74) is 5.80. The van der Waals surface area contributed by atoms with Crippen molar-refractivity contribution in [2.75, 3.05) is 5.32 Å². The Morgan fingerprint density at radius 3 is 2.62 bits per heavy atom. The van der Waals surface area contributed by atoms with Gasteiger partial charge in [0.15, 0.2) is 0 Å². The summed E-state index contributed by atoms with van der Waals surface area (Å²) in [6.07, 6.45) is 0.103. The number of nitriles is 1. The number of carbonyl (C=O) groups excluding carboxylic acids is 1. The number of amides is 1. The van der Waals surface area contributed by atoms with Gasteiger partial charge in [0.05, 0.1) is 16.2 Å². The Morgan fingerprint density at radius 1 is 1.52 bits per heavy atom. The van der Waals surface area contributed by atoms with Crippen molar-refractivity contribution in [2.45, 2.75) is 33.2 Å². The van der Waals surface area contributed by atoms with Crippen molar-refractivity contribution < 1.29 is 9.72 Å². The summed E-state index contributed by atoms with van der Waals surface area (Å²) in [4.78, 5) is 22.0. The van der Waals surface area contributed by atoms with Crippen molar-refractivity contribution in [3.8, 4) is 6.07 Å². The first-order chi connectivity index (χ1) is 9.65. The highest BCUT2D eigenvalue weighted by molar-refractivity contribution is 5.92. The van der Waals surface area contributed by atoms with E-state index in [1.54, 1.807) is 0 Å². The van der Waals surface area contributed by atoms with Crippen LogP contribution in [0.5, 0.6) is 0 Å². The van der Waals surface area contributed by atoms with Crippen molar-refractivity contribution in [2.24, 2.45) is 11.1 Å². The van der Waals surface area contributed by atoms with Gasteiger partial charge < -0.3 is 11.1 Å². The lowest BCUT2D eigenvalue weighted by Gasteiger charge is -2.26. The second-order valence-electron chi connectivity index (χ2n) is 5.82. The number of nitrogens with zero attached hydrogens (tertiary/aromatic N) is 2. The van der Waals surface area contributed by atoms with Gasteiger partial charge in [0, 0.05) is 24.6 Å². The van der Waals surface area contributed by atoms with Crippen LogP contribution >= 0.6 is 0 Å². The number of benzene rings is 1. The molecule has 7 heteroatoms. The van der Waals surface area contributed by atoms with E-state index in [-0.39, 0.29) is 40.7 Å². The van der Waals surface area contributed by atoms with Crippen molar-refractivity contribution >= 4 is 17.3 Å². The first-order valence-electron chi connectivity index (χ1n) is 6.39. The second-order valence-corrected chi connectivity index (χ2v) is 5.82. The average molecular weight is 290 g/mol. The Kier molecular flexibility index (Phi) is 5.00. The van der Waals surface area contributed by atoms with Crippen LogP contribution in [0.15, 0.2) is 18.2 Å². The SMILES string of the molecule is CC(C)(C)C(N)CC(=O)Nc1ccc([N+](=O)[O-])cc1C#N. The van der Waals surface area contributed by atoms with Gasteiger partial charge in [0.1, 0.15) is 6.07 Å². The highest BCUT2D eigenvalue weighted by Gasteiger charge is 2.23. The van der Waals surface area contributed by atoms with Gasteiger partial charge in [-0.1, -0.05) is 20.8 Å². The normalized spacial score (nSPS) is 12.3. The monoisotopic (exact) mass is 290 g/mol. The Hall–Kier alpha value is -2.46. The quantitative estimate of drug-likeness (QED) is 0.650. The molecule has 1 rings (SSSR count). The number of carbonyl (C=O) groups is 1. The molecular formula is C14H18N4O3. The second kappa shape index (κ2) is 6.33. The van der Waals surface area contributed by atoms with Crippen LogP contribution in [0.2, 0.25) is 0 Å². The third-order valence-corrected chi connectivity index (χ3v) is 3.13. The van der Waals surface area contributed by atoms with Crippen molar-refractivity contribution in [3.05, 3.63) is 33.9 Å². The summed E-state index contributed by atoms with van der Waals surface area (Å²) in [5.74, 6) is -0.331. The molecule has 21 heavy (non-hydrogen) atoms. The molecule has 0 aliphatic carbocycles. The van der Waals surface area contributed by atoms with Crippen molar-refractivity contribution in [3.63, 3.8) is 0 Å². The summed E-state index contributed by atoms with van der Waals surface area (Å²) in [6.45, 7) is 5.78. The van der Waals surface area contributed by atoms with Crippen LogP contribution in [0.4, 0.5) is 11.4 Å². The van der Waals surface area contributed by atoms with Crippen LogP contribution in [-0.4, -0.2) is 16.9 Å². The van der Waals surface area contributed by atoms with Crippen LogP contribution in [0.3, 0.4) is 0 Å². The van der Waals surface area contributed by atoms with Crippen LogP contribution in [0.25, 0.3) is 0 Å². The third-order valence-electron chi connectivity index (χ3n) is 3.13. The minimum Gasteiger partial charge on any atom is -0.327 e. The number of hydrogen-bond acceptors (Lipinski definition) is 5. The zero-order valence-electron chi connectivity index (χ0n) is 12.2. The van der Waals surface area contributed by atoms with Gasteiger partial charge in [0.2, 0.25) is 5.91 Å². The molecule has 0 fully saturated rings. The summed E-state index contributed by atoms with van der Waals surface area (Å²) in [7, 11) is 0. The minimum absolute atomic E-state index is 0.0434. The molecule has 0 aliphatic heterocycles. The van der Waals surface area contributed by atoms with Crippen LogP contribution in [0.1, 0.15) is 32.8 Å². The molecule has 0 saturated carbocycles. The van der Waals surface area contributed by atoms with Gasteiger partial charge >= 0.3 is 0 Å². The van der Waals surface area contributed by atoms with Gasteiger partial charge in [-0.2, -0.15) is 5.26 Å². The number of nitrogens with two attached hydrogens (primary N) is 1. The number of nitro groups is 1. The molecule has 1 aromatic rings. The fraction of sp³-hybridized carbons (Fsp3) is 0.429. The predicted molar refractivity (Wildman–Crippen MR) is 78.5 cm³/mol. The molecule has 7 nitrogen and oxygen atoms in total. The van der Waals surface area contributed by atoms with E-state index in [1.807, 2.05) is 26.8 Å². The predicted octanol–water partition coefficient (Wildman–Crippen LogP) is 2.17. The molecule has 0 aromatic heterocycles. The molecule has 1 atom stereocenters. The Balaban J connectivity index is 2.86. The number of anilines is 1. The van der Waals surface area contributed by atoms with Crippen molar-refractivity contribution in [1.29, 1.82) is 5.26 Å². The van der Waals surface area contributed by atoms with Crippen LogP contribution < -0.4 is 11.1 Å². The molecule has 0 bridgehead atoms. The van der Waals surface area contributed by atoms with Crippen LogP contribution in [-0.2, 0) is 4.79 Å². The van der Waals surface area contributed by atoms with E-state index < -0.39 is 4.92 Å². The van der Waals surface area contributed by atoms with E-state index in [4.69, 9.17) is 11.0 Å². The zero-order chi connectivity index (χ0) is 16.2. The van der Waals surface area contributed by atoms with Gasteiger partial charge in [0.25, 0.3) is 5.69 Å².